The van der Waals surface area contributed by atoms with Gasteiger partial charge in [-0.2, -0.15) is 0 Å². The van der Waals surface area contributed by atoms with Crippen molar-refractivity contribution < 1.29 is 12.3 Å². The molecule has 0 aromatic carbocycles. The van der Waals surface area contributed by atoms with Gasteiger partial charge in [0, 0.05) is 0 Å². The molecule has 0 atom stereocenters. The van der Waals surface area contributed by atoms with Gasteiger partial charge in [-0.15, -0.1) is 0 Å². The fourth-order valence-corrected chi connectivity index (χ4v) is 6.12. The summed E-state index contributed by atoms with van der Waals surface area (Å²) < 4.78 is 22.5. The van der Waals surface area contributed by atoms with Crippen LogP contribution < -0.4 is 0 Å². The van der Waals surface area contributed by atoms with Gasteiger partial charge in [0.1, 0.15) is 0 Å². The van der Waals surface area contributed by atoms with Gasteiger partial charge < -0.3 is 0 Å². The quantitative estimate of drug-likeness (QED) is 0.337. The molecule has 0 aromatic rings. The summed E-state index contributed by atoms with van der Waals surface area (Å²) in [7, 11) is 3.27. The predicted octanol–water partition coefficient (Wildman–Crippen LogP) is 3.91. The normalized spacial score (nSPS) is 12.0. The second-order valence-corrected chi connectivity index (χ2v) is 11.6. The van der Waals surface area contributed by atoms with Gasteiger partial charge in [-0.05, 0) is 0 Å². The molecular weight excluding hydrogens is 351 g/mol. The fraction of sp³-hybridized carbons (Fsp3) is 1.00. The Morgan fingerprint density at radius 1 is 0.632 bits per heavy atom. The first kappa shape index (κ1) is 19.6. The van der Waals surface area contributed by atoms with E-state index < -0.39 is 20.0 Å². The maximum absolute atomic E-state index is 5.82. The Hall–Kier alpha value is 0.639. The molecule has 0 rings (SSSR count). The van der Waals surface area contributed by atoms with Crippen molar-refractivity contribution >= 4 is 20.0 Å². The van der Waals surface area contributed by atoms with Crippen LogP contribution in [0.1, 0.15) is 65.2 Å². The van der Waals surface area contributed by atoms with E-state index in [9.17, 15) is 0 Å². The van der Waals surface area contributed by atoms with Crippen molar-refractivity contribution in [3.8, 4) is 0 Å². The minimum atomic E-state index is -3.65. The molecule has 0 N–H and O–H groups in total. The molecule has 0 fully saturated rings. The summed E-state index contributed by atoms with van der Waals surface area (Å²) in [6, 6.07) is 0. The van der Waals surface area contributed by atoms with Gasteiger partial charge in [0.25, 0.3) is 0 Å². The van der Waals surface area contributed by atoms with Crippen molar-refractivity contribution in [3.05, 3.63) is 0 Å². The average Bonchev–Trinajstić information content (AvgIpc) is 2.45. The van der Waals surface area contributed by atoms with E-state index in [0.29, 0.717) is 13.2 Å². The third-order valence-corrected chi connectivity index (χ3v) is 9.09. The summed E-state index contributed by atoms with van der Waals surface area (Å²) in [5.74, 6) is 0. The van der Waals surface area contributed by atoms with Crippen LogP contribution >= 0.6 is 0 Å². The molecule has 0 saturated carbocycles. The Bertz CT molecular complexity index is 170. The zero-order chi connectivity index (χ0) is 14.4. The molecule has 0 amide bonds. The summed E-state index contributed by atoms with van der Waals surface area (Å²) in [6.45, 7) is 5.78. The molecule has 0 unspecified atom stereocenters. The van der Waals surface area contributed by atoms with Crippen LogP contribution in [0, 0.1) is 0 Å². The predicted molar refractivity (Wildman–Crippen MR) is 80.0 cm³/mol. The van der Waals surface area contributed by atoms with E-state index in [1.807, 2.05) is 0 Å². The molecule has 0 bridgehead atoms. The summed E-state index contributed by atoms with van der Waals surface area (Å²) in [6.07, 6.45) is 9.48. The molecule has 19 heavy (non-hydrogen) atoms. The minimum absolute atomic E-state index is 0.687. The van der Waals surface area contributed by atoms with E-state index in [-0.39, 0.29) is 0 Å². The van der Waals surface area contributed by atoms with E-state index >= 15 is 0 Å². The summed E-state index contributed by atoms with van der Waals surface area (Å²) >= 11 is -3.65. The molecule has 0 aliphatic carbocycles. The van der Waals surface area contributed by atoms with Crippen molar-refractivity contribution in [1.82, 2.24) is 0 Å². The van der Waals surface area contributed by atoms with Gasteiger partial charge in [0.2, 0.25) is 0 Å². The number of hydrogen-bond donors (Lipinski definition) is 0. The first-order chi connectivity index (χ1) is 9.24. The van der Waals surface area contributed by atoms with Crippen LogP contribution in [0.15, 0.2) is 0 Å². The maximum atomic E-state index is 5.82. The molecule has 0 radical (unpaired) electrons. The molecule has 4 nitrogen and oxygen atoms in total. The van der Waals surface area contributed by atoms with Crippen LogP contribution in [-0.2, 0) is 12.3 Å². The van der Waals surface area contributed by atoms with Crippen LogP contribution in [-0.4, -0.2) is 47.5 Å². The van der Waals surface area contributed by atoms with Crippen LogP contribution in [0.4, 0.5) is 0 Å². The van der Waals surface area contributed by atoms with Crippen molar-refractivity contribution in [1.29, 1.82) is 0 Å². The van der Waals surface area contributed by atoms with Crippen LogP contribution in [0.2, 0.25) is 0 Å². The summed E-state index contributed by atoms with van der Waals surface area (Å²) in [4.78, 5) is 0. The molecule has 0 aromatic heterocycles. The Balaban J connectivity index is 3.83. The van der Waals surface area contributed by atoms with Crippen LogP contribution in [0.25, 0.3) is 0 Å². The second-order valence-electron chi connectivity index (χ2n) is 4.73. The van der Waals surface area contributed by atoms with Gasteiger partial charge in [0.15, 0.2) is 0 Å². The van der Waals surface area contributed by atoms with Crippen molar-refractivity contribution in [3.63, 3.8) is 0 Å². The average molecular weight is 383 g/mol. The summed E-state index contributed by atoms with van der Waals surface area (Å²) in [5.41, 5.74) is 0. The monoisotopic (exact) mass is 384 g/mol. The van der Waals surface area contributed by atoms with E-state index in [1.165, 1.54) is 38.5 Å². The Labute approximate surface area is 125 Å². The summed E-state index contributed by atoms with van der Waals surface area (Å²) in [5, 5.41) is 0. The molecule has 0 aliphatic heterocycles. The molecule has 0 heterocycles. The van der Waals surface area contributed by atoms with Crippen LogP contribution in [0.5, 0.6) is 0 Å². The molecule has 0 aliphatic rings. The topological polar surface area (TPSA) is 36.9 Å². The van der Waals surface area contributed by atoms with Gasteiger partial charge in [-0.25, -0.2) is 0 Å². The SMILES string of the molecule is CCCCCC[O][Sn]([O]C)([O]C)[O]CCCCCC. The van der Waals surface area contributed by atoms with E-state index in [0.717, 1.165) is 12.8 Å². The first-order valence-corrected chi connectivity index (χ1v) is 12.3. The number of unbranched alkanes of at least 4 members (excludes halogenated alkanes) is 6. The third kappa shape index (κ3) is 10.1. The fourth-order valence-electron chi connectivity index (χ4n) is 1.81. The zero-order valence-electron chi connectivity index (χ0n) is 13.2. The van der Waals surface area contributed by atoms with Gasteiger partial charge in [0.05, 0.1) is 0 Å². The second kappa shape index (κ2) is 13.6. The Morgan fingerprint density at radius 2 is 1.05 bits per heavy atom. The molecular formula is C14H32O4Sn. The van der Waals surface area contributed by atoms with Crippen molar-refractivity contribution in [2.75, 3.05) is 27.4 Å². The first-order valence-electron chi connectivity index (χ1n) is 7.62. The van der Waals surface area contributed by atoms with Crippen molar-refractivity contribution in [2.24, 2.45) is 0 Å². The molecule has 116 valence electrons. The van der Waals surface area contributed by atoms with Gasteiger partial charge in [-0.3, -0.25) is 0 Å². The van der Waals surface area contributed by atoms with Gasteiger partial charge >= 0.3 is 125 Å². The van der Waals surface area contributed by atoms with Crippen LogP contribution in [0.3, 0.4) is 0 Å². The van der Waals surface area contributed by atoms with Crippen molar-refractivity contribution in [2.45, 2.75) is 65.2 Å². The Morgan fingerprint density at radius 3 is 1.37 bits per heavy atom. The number of rotatable bonds is 14. The molecule has 5 heteroatoms. The van der Waals surface area contributed by atoms with Gasteiger partial charge in [-0.1, -0.05) is 0 Å². The third-order valence-electron chi connectivity index (χ3n) is 3.05. The number of hydrogen-bond acceptors (Lipinski definition) is 4. The van der Waals surface area contributed by atoms with E-state index in [4.69, 9.17) is 12.3 Å². The van der Waals surface area contributed by atoms with E-state index in [1.54, 1.807) is 14.2 Å². The standard InChI is InChI=1S/2C6H13O.2CH3O.Sn/c2*1-2-3-4-5-6-7;2*1-2;/h2*2-6H2,1H3;2*1H3;/q4*-1;+4. The Kier molecular flexibility index (Phi) is 14.1. The zero-order valence-corrected chi connectivity index (χ0v) is 16.1. The van der Waals surface area contributed by atoms with E-state index in [2.05, 4.69) is 13.8 Å². The molecule has 0 saturated heterocycles. The molecule has 0 spiro atoms.